The molecule has 1 heterocycles. The Morgan fingerprint density at radius 2 is 1.60 bits per heavy atom. The van der Waals surface area contributed by atoms with Gasteiger partial charge in [-0.1, -0.05) is 0 Å². The molecule has 0 atom stereocenters. The van der Waals surface area contributed by atoms with E-state index in [0.717, 1.165) is 4.66 Å². The summed E-state index contributed by atoms with van der Waals surface area (Å²) in [4.78, 5) is 0. The molecule has 0 aromatic rings. The molecule has 1 aliphatic rings. The zero-order valence-corrected chi connectivity index (χ0v) is 14.5. The first-order valence-corrected chi connectivity index (χ1v) is 15.0. The standard InChI is InChI=1S/C7H14Si2.Hg/c1-5-7(6-2,8-3)9-4;/h1-2,5-6H2,3-4H3;. The predicted octanol–water partition coefficient (Wildman–Crippen LogP) is 2.32. The van der Waals surface area contributed by atoms with Crippen molar-refractivity contribution >= 4 is 19.0 Å². The van der Waals surface area contributed by atoms with Crippen LogP contribution in [-0.2, 0) is 24.6 Å². The zero-order chi connectivity index (χ0) is 7.45. The predicted molar refractivity (Wildman–Crippen MR) is 44.8 cm³/mol. The molecule has 0 aromatic carbocycles. The van der Waals surface area contributed by atoms with Gasteiger partial charge in [0.25, 0.3) is 0 Å². The SMILES string of the molecule is C[Si]C1([Si]C)C[CH2][Hg][CH2]C1. The van der Waals surface area contributed by atoms with Crippen molar-refractivity contribution in [2.24, 2.45) is 0 Å². The fourth-order valence-corrected chi connectivity index (χ4v) is 18.0. The molecule has 1 aliphatic heterocycles. The third-order valence-corrected chi connectivity index (χ3v) is 13.7. The molecule has 0 bridgehead atoms. The van der Waals surface area contributed by atoms with Gasteiger partial charge in [-0.2, -0.15) is 0 Å². The van der Waals surface area contributed by atoms with Crippen LogP contribution in [0.25, 0.3) is 0 Å². The summed E-state index contributed by atoms with van der Waals surface area (Å²) in [7, 11) is 2.45. The normalized spacial score (nSPS) is 23.0. The van der Waals surface area contributed by atoms with Crippen molar-refractivity contribution in [3.63, 3.8) is 0 Å². The first-order valence-electron chi connectivity index (χ1n) is 4.21. The van der Waals surface area contributed by atoms with E-state index in [9.17, 15) is 0 Å². The van der Waals surface area contributed by atoms with E-state index in [1.807, 2.05) is 0 Å². The molecule has 0 aliphatic carbocycles. The Balaban J connectivity index is 2.44. The Morgan fingerprint density at radius 3 is 1.90 bits per heavy atom. The molecule has 10 heavy (non-hydrogen) atoms. The minimum atomic E-state index is -0.210. The summed E-state index contributed by atoms with van der Waals surface area (Å²) in [5.74, 6) is 0. The quantitative estimate of drug-likeness (QED) is 0.668. The van der Waals surface area contributed by atoms with E-state index in [1.54, 1.807) is 20.7 Å². The fourth-order valence-electron chi connectivity index (χ4n) is 1.78. The van der Waals surface area contributed by atoms with Crippen LogP contribution in [0.4, 0.5) is 0 Å². The number of hydrogen-bond acceptors (Lipinski definition) is 0. The van der Waals surface area contributed by atoms with Gasteiger partial charge < -0.3 is 0 Å². The molecule has 52 valence electrons. The van der Waals surface area contributed by atoms with Crippen molar-refractivity contribution in [1.29, 1.82) is 0 Å². The second-order valence-electron chi connectivity index (χ2n) is 3.14. The van der Waals surface area contributed by atoms with Gasteiger partial charge in [-0.3, -0.25) is 0 Å². The molecule has 0 nitrogen and oxygen atoms in total. The third kappa shape index (κ3) is 2.18. The van der Waals surface area contributed by atoms with Crippen LogP contribution in [0.3, 0.4) is 0 Å². The van der Waals surface area contributed by atoms with Crippen molar-refractivity contribution in [2.75, 3.05) is 0 Å². The topological polar surface area (TPSA) is 0 Å². The third-order valence-electron chi connectivity index (χ3n) is 2.66. The van der Waals surface area contributed by atoms with E-state index < -0.39 is 0 Å². The van der Waals surface area contributed by atoms with Crippen LogP contribution in [0.2, 0.25) is 25.6 Å². The van der Waals surface area contributed by atoms with Crippen LogP contribution in [0.1, 0.15) is 12.8 Å². The molecular weight excluding hydrogens is 341 g/mol. The molecule has 0 N–H and O–H groups in total. The molecule has 3 heteroatoms. The molecule has 1 rings (SSSR count). The van der Waals surface area contributed by atoms with Crippen LogP contribution in [-0.4, -0.2) is 19.0 Å². The van der Waals surface area contributed by atoms with Crippen molar-refractivity contribution in [3.8, 4) is 0 Å². The van der Waals surface area contributed by atoms with Gasteiger partial charge in [-0.05, 0) is 0 Å². The Morgan fingerprint density at radius 1 is 1.10 bits per heavy atom. The van der Waals surface area contributed by atoms with Crippen LogP contribution in [0.5, 0.6) is 0 Å². The number of hydrogen-bond donors (Lipinski definition) is 0. The average Bonchev–Trinajstić information content (AvgIpc) is 2.06. The van der Waals surface area contributed by atoms with Gasteiger partial charge in [0.2, 0.25) is 0 Å². The van der Waals surface area contributed by atoms with E-state index in [0.29, 0.717) is 0 Å². The van der Waals surface area contributed by atoms with Gasteiger partial charge >= 0.3 is 82.1 Å². The Kier molecular flexibility index (Phi) is 4.17. The molecule has 0 aromatic heterocycles. The van der Waals surface area contributed by atoms with Gasteiger partial charge in [-0.15, -0.1) is 0 Å². The fraction of sp³-hybridized carbons (Fsp3) is 1.00. The second kappa shape index (κ2) is 4.41. The molecule has 0 saturated carbocycles. The summed E-state index contributed by atoms with van der Waals surface area (Å²) in [5, 5.41) is 0. The summed E-state index contributed by atoms with van der Waals surface area (Å²) >= 11 is -0.210. The van der Waals surface area contributed by atoms with Crippen molar-refractivity contribution in [3.05, 3.63) is 0 Å². The summed E-state index contributed by atoms with van der Waals surface area (Å²) in [6.45, 7) is 4.83. The monoisotopic (exact) mass is 356 g/mol. The Labute approximate surface area is 81.6 Å². The van der Waals surface area contributed by atoms with Gasteiger partial charge in [0.1, 0.15) is 0 Å². The van der Waals surface area contributed by atoms with Crippen LogP contribution in [0.15, 0.2) is 0 Å². The molecule has 1 fully saturated rings. The van der Waals surface area contributed by atoms with E-state index in [-0.39, 0.29) is 24.6 Å². The minimum absolute atomic E-state index is 0.210. The zero-order valence-electron chi connectivity index (χ0n) is 7.04. The van der Waals surface area contributed by atoms with Crippen LogP contribution in [0, 0.1) is 0 Å². The Hall–Kier alpha value is 1.37. The van der Waals surface area contributed by atoms with Crippen molar-refractivity contribution in [2.45, 2.75) is 38.5 Å². The summed E-state index contributed by atoms with van der Waals surface area (Å²) < 4.78 is 4.32. The van der Waals surface area contributed by atoms with E-state index >= 15 is 0 Å². The molecule has 4 radical (unpaired) electrons. The van der Waals surface area contributed by atoms with Crippen molar-refractivity contribution in [1.82, 2.24) is 0 Å². The maximum absolute atomic E-state index is 2.42. The van der Waals surface area contributed by atoms with Gasteiger partial charge in [-0.25, -0.2) is 0 Å². The van der Waals surface area contributed by atoms with Gasteiger partial charge in [0.15, 0.2) is 0 Å². The summed E-state index contributed by atoms with van der Waals surface area (Å²) in [6, 6.07) is 0. The molecule has 1 saturated heterocycles. The number of rotatable bonds is 2. The molecule has 0 unspecified atom stereocenters. The van der Waals surface area contributed by atoms with Gasteiger partial charge in [0, 0.05) is 0 Å². The van der Waals surface area contributed by atoms with E-state index in [4.69, 9.17) is 0 Å². The Bertz CT molecular complexity index is 93.8. The molecule has 0 amide bonds. The van der Waals surface area contributed by atoms with Crippen molar-refractivity contribution < 1.29 is 24.6 Å². The summed E-state index contributed by atoms with van der Waals surface area (Å²) in [5.41, 5.74) is 0. The van der Waals surface area contributed by atoms with Gasteiger partial charge in [0.05, 0.1) is 0 Å². The molecule has 0 spiro atoms. The summed E-state index contributed by atoms with van der Waals surface area (Å²) in [6.07, 6.45) is 3.25. The maximum atomic E-state index is 2.42. The average molecular weight is 355 g/mol. The van der Waals surface area contributed by atoms with E-state index in [1.165, 1.54) is 19.0 Å². The van der Waals surface area contributed by atoms with E-state index in [2.05, 4.69) is 13.1 Å². The first-order chi connectivity index (χ1) is 4.83. The van der Waals surface area contributed by atoms with Crippen LogP contribution >= 0.6 is 0 Å². The first kappa shape index (κ1) is 9.46. The second-order valence-corrected chi connectivity index (χ2v) is 14.8. The molecular formula is C7H14HgSi2. The van der Waals surface area contributed by atoms with Crippen LogP contribution < -0.4 is 0 Å².